The molecule has 3 heteroatoms. The molecule has 0 spiro atoms. The second kappa shape index (κ2) is 11.1. The number of benzene rings is 1. The zero-order valence-corrected chi connectivity index (χ0v) is 14.9. The molecule has 128 valence electrons. The number of amides is 1. The van der Waals surface area contributed by atoms with Crippen LogP contribution in [0.2, 0.25) is 0 Å². The minimum absolute atomic E-state index is 0.0452. The van der Waals surface area contributed by atoms with Crippen LogP contribution in [0.15, 0.2) is 43.0 Å². The summed E-state index contributed by atoms with van der Waals surface area (Å²) in [5, 5.41) is 2.84. The molecule has 0 aliphatic carbocycles. The number of allylic oxidation sites excluding steroid dienone is 2. The van der Waals surface area contributed by atoms with Gasteiger partial charge in [-0.3, -0.25) is 4.79 Å². The molecule has 24 heavy (non-hydrogen) atoms. The lowest BCUT2D eigenvalue weighted by atomic mass is 10.1. The van der Waals surface area contributed by atoms with Crippen molar-refractivity contribution in [2.24, 2.45) is 5.92 Å². The van der Waals surface area contributed by atoms with E-state index in [-0.39, 0.29) is 5.91 Å². The van der Waals surface area contributed by atoms with Gasteiger partial charge in [0, 0.05) is 13.0 Å². The highest BCUT2D eigenvalue weighted by atomic mass is 16.5. The van der Waals surface area contributed by atoms with Gasteiger partial charge in [-0.1, -0.05) is 43.9 Å². The molecule has 1 N–H and O–H groups in total. The fourth-order valence-electron chi connectivity index (χ4n) is 2.00. The molecule has 0 fully saturated rings. The zero-order chi connectivity index (χ0) is 17.8. The van der Waals surface area contributed by atoms with E-state index in [4.69, 9.17) is 4.74 Å². The lowest BCUT2D eigenvalue weighted by molar-refractivity contribution is -0.116. The van der Waals surface area contributed by atoms with E-state index < -0.39 is 0 Å². The van der Waals surface area contributed by atoms with Gasteiger partial charge in [0.25, 0.3) is 0 Å². The first-order valence-corrected chi connectivity index (χ1v) is 8.27. The van der Waals surface area contributed by atoms with Gasteiger partial charge < -0.3 is 10.1 Å². The van der Waals surface area contributed by atoms with E-state index in [9.17, 15) is 4.79 Å². The van der Waals surface area contributed by atoms with Crippen LogP contribution in [0.5, 0.6) is 5.75 Å². The lowest BCUT2D eigenvalue weighted by Gasteiger charge is -2.05. The van der Waals surface area contributed by atoms with Crippen LogP contribution in [0.3, 0.4) is 0 Å². The van der Waals surface area contributed by atoms with Gasteiger partial charge in [0.05, 0.1) is 12.7 Å². The van der Waals surface area contributed by atoms with Crippen LogP contribution in [0.25, 0.3) is 0 Å². The Kier molecular flexibility index (Phi) is 9.07. The number of ether oxygens (including phenoxy) is 1. The number of carbonyl (C=O) groups is 1. The molecule has 0 aromatic heterocycles. The van der Waals surface area contributed by atoms with E-state index >= 15 is 0 Å². The van der Waals surface area contributed by atoms with Crippen LogP contribution < -0.4 is 10.1 Å². The Balaban J connectivity index is 2.49. The highest BCUT2D eigenvalue weighted by molar-refractivity contribution is 5.87. The van der Waals surface area contributed by atoms with Gasteiger partial charge in [-0.25, -0.2) is 0 Å². The van der Waals surface area contributed by atoms with Gasteiger partial charge in [-0.2, -0.15) is 0 Å². The maximum atomic E-state index is 11.5. The smallest absolute Gasteiger partial charge is 0.243 e. The first kappa shape index (κ1) is 19.6. The van der Waals surface area contributed by atoms with Crippen molar-refractivity contribution in [2.75, 3.05) is 13.7 Å². The molecule has 3 nitrogen and oxygen atoms in total. The zero-order valence-electron chi connectivity index (χ0n) is 14.9. The molecule has 0 saturated carbocycles. The SMILES string of the molecule is C=CCc1ccc(C#CCC/C=C/C(=O)NCC(C)C)c(OC)c1. The highest BCUT2D eigenvalue weighted by Gasteiger charge is 2.01. The summed E-state index contributed by atoms with van der Waals surface area (Å²) in [5.74, 6) is 7.44. The molecule has 0 atom stereocenters. The summed E-state index contributed by atoms with van der Waals surface area (Å²) in [6.07, 6.45) is 7.56. The molecule has 0 aliphatic heterocycles. The third kappa shape index (κ3) is 7.69. The minimum Gasteiger partial charge on any atom is -0.495 e. The standard InChI is InChI=1S/C21H27NO2/c1-5-10-18-13-14-19(20(15-18)24-4)11-8-6-7-9-12-21(23)22-16-17(2)3/h5,9,12-15,17H,1,6-7,10,16H2,2-4H3,(H,22,23)/b12-9+. The van der Waals surface area contributed by atoms with Crippen molar-refractivity contribution in [2.45, 2.75) is 33.1 Å². The molecule has 1 aromatic rings. The van der Waals surface area contributed by atoms with Gasteiger partial charge in [-0.05, 0) is 42.5 Å². The number of nitrogens with one attached hydrogen (secondary N) is 1. The van der Waals surface area contributed by atoms with E-state index in [1.807, 2.05) is 30.4 Å². The molecule has 0 saturated heterocycles. The maximum absolute atomic E-state index is 11.5. The van der Waals surface area contributed by atoms with E-state index in [0.29, 0.717) is 18.9 Å². The number of rotatable bonds is 8. The molecular weight excluding hydrogens is 298 g/mol. The quantitative estimate of drug-likeness (QED) is 0.341. The number of methoxy groups -OCH3 is 1. The first-order chi connectivity index (χ1) is 11.6. The molecule has 0 bridgehead atoms. The van der Waals surface area contributed by atoms with Crippen LogP contribution in [0.4, 0.5) is 0 Å². The van der Waals surface area contributed by atoms with Crippen LogP contribution in [0, 0.1) is 17.8 Å². The molecule has 1 amide bonds. The fraction of sp³-hybridized carbons (Fsp3) is 0.381. The predicted molar refractivity (Wildman–Crippen MR) is 100.0 cm³/mol. The second-order valence-electron chi connectivity index (χ2n) is 5.91. The Hall–Kier alpha value is -2.47. The molecule has 0 unspecified atom stereocenters. The maximum Gasteiger partial charge on any atom is 0.243 e. The number of hydrogen-bond donors (Lipinski definition) is 1. The van der Waals surface area contributed by atoms with Gasteiger partial charge >= 0.3 is 0 Å². The monoisotopic (exact) mass is 325 g/mol. The van der Waals surface area contributed by atoms with Crippen molar-refractivity contribution in [3.63, 3.8) is 0 Å². The average Bonchev–Trinajstić information content (AvgIpc) is 2.57. The lowest BCUT2D eigenvalue weighted by Crippen LogP contribution is -2.25. The van der Waals surface area contributed by atoms with Crippen molar-refractivity contribution in [3.05, 3.63) is 54.1 Å². The molecule has 1 rings (SSSR count). The van der Waals surface area contributed by atoms with Gasteiger partial charge in [0.1, 0.15) is 5.75 Å². The number of carbonyl (C=O) groups excluding carboxylic acids is 1. The molecule has 0 heterocycles. The van der Waals surface area contributed by atoms with Gasteiger partial charge in [0.2, 0.25) is 5.91 Å². The predicted octanol–water partition coefficient (Wildman–Crippen LogP) is 3.88. The van der Waals surface area contributed by atoms with E-state index in [0.717, 1.165) is 29.7 Å². The number of hydrogen-bond acceptors (Lipinski definition) is 2. The van der Waals surface area contributed by atoms with Crippen molar-refractivity contribution in [1.29, 1.82) is 0 Å². The van der Waals surface area contributed by atoms with Crippen LogP contribution in [0.1, 0.15) is 37.8 Å². The largest absolute Gasteiger partial charge is 0.495 e. The third-order valence-electron chi connectivity index (χ3n) is 3.26. The summed E-state index contributed by atoms with van der Waals surface area (Å²) in [5.41, 5.74) is 2.03. The normalized spacial score (nSPS) is 10.3. The Morgan fingerprint density at radius 3 is 2.88 bits per heavy atom. The Morgan fingerprint density at radius 2 is 2.21 bits per heavy atom. The van der Waals surface area contributed by atoms with Crippen molar-refractivity contribution in [3.8, 4) is 17.6 Å². The summed E-state index contributed by atoms with van der Waals surface area (Å²) < 4.78 is 5.38. The molecule has 1 aromatic carbocycles. The summed E-state index contributed by atoms with van der Waals surface area (Å²) in [7, 11) is 1.65. The second-order valence-corrected chi connectivity index (χ2v) is 5.91. The van der Waals surface area contributed by atoms with Crippen LogP contribution >= 0.6 is 0 Å². The molecule has 0 aliphatic rings. The van der Waals surface area contributed by atoms with E-state index in [1.54, 1.807) is 13.2 Å². The van der Waals surface area contributed by atoms with Crippen molar-refractivity contribution >= 4 is 5.91 Å². The summed E-state index contributed by atoms with van der Waals surface area (Å²) in [6.45, 7) is 8.57. The molecular formula is C21H27NO2. The third-order valence-corrected chi connectivity index (χ3v) is 3.26. The van der Waals surface area contributed by atoms with Crippen LogP contribution in [-0.4, -0.2) is 19.6 Å². The van der Waals surface area contributed by atoms with Gasteiger partial charge in [-0.15, -0.1) is 6.58 Å². The first-order valence-electron chi connectivity index (χ1n) is 8.27. The van der Waals surface area contributed by atoms with Gasteiger partial charge in [0.15, 0.2) is 0 Å². The summed E-state index contributed by atoms with van der Waals surface area (Å²) in [6, 6.07) is 6.00. The minimum atomic E-state index is -0.0452. The Bertz CT molecular complexity index is 633. The molecule has 0 radical (unpaired) electrons. The highest BCUT2D eigenvalue weighted by Crippen LogP contribution is 2.19. The Morgan fingerprint density at radius 1 is 1.42 bits per heavy atom. The average molecular weight is 325 g/mol. The van der Waals surface area contributed by atoms with E-state index in [2.05, 4.69) is 37.6 Å². The van der Waals surface area contributed by atoms with Crippen molar-refractivity contribution < 1.29 is 9.53 Å². The number of unbranched alkanes of at least 4 members (excludes halogenated alkanes) is 1. The van der Waals surface area contributed by atoms with Crippen LogP contribution in [-0.2, 0) is 11.2 Å². The van der Waals surface area contributed by atoms with Crippen molar-refractivity contribution in [1.82, 2.24) is 5.32 Å². The topological polar surface area (TPSA) is 38.3 Å². The summed E-state index contributed by atoms with van der Waals surface area (Å²) in [4.78, 5) is 11.5. The van der Waals surface area contributed by atoms with E-state index in [1.165, 1.54) is 0 Å². The summed E-state index contributed by atoms with van der Waals surface area (Å²) >= 11 is 0. The Labute approximate surface area is 145 Å². The fourth-order valence-corrected chi connectivity index (χ4v) is 2.00.